The molecule has 2 unspecified atom stereocenters. The summed E-state index contributed by atoms with van der Waals surface area (Å²) in [4.78, 5) is 0. The number of hydrogen-bond donors (Lipinski definition) is 1. The quantitative estimate of drug-likeness (QED) is 0.728. The SMILES string of the molecule is OC(COCC1CCCCO1)C1CC1. The molecule has 0 radical (unpaired) electrons. The molecule has 0 aromatic rings. The zero-order valence-corrected chi connectivity index (χ0v) is 8.65. The summed E-state index contributed by atoms with van der Waals surface area (Å²) in [5, 5.41) is 9.55. The Morgan fingerprint density at radius 2 is 2.14 bits per heavy atom. The molecule has 2 atom stereocenters. The summed E-state index contributed by atoms with van der Waals surface area (Å²) >= 11 is 0. The van der Waals surface area contributed by atoms with E-state index >= 15 is 0 Å². The number of ether oxygens (including phenoxy) is 2. The van der Waals surface area contributed by atoms with Gasteiger partial charge in [0, 0.05) is 6.61 Å². The Kier molecular flexibility index (Phi) is 3.79. The minimum atomic E-state index is -0.237. The first kappa shape index (κ1) is 10.4. The molecule has 14 heavy (non-hydrogen) atoms. The smallest absolute Gasteiger partial charge is 0.0808 e. The largest absolute Gasteiger partial charge is 0.390 e. The maximum Gasteiger partial charge on any atom is 0.0808 e. The number of aliphatic hydroxyl groups excluding tert-OH is 1. The second kappa shape index (κ2) is 5.10. The molecular formula is C11H20O3. The van der Waals surface area contributed by atoms with Crippen molar-refractivity contribution in [2.24, 2.45) is 5.92 Å². The van der Waals surface area contributed by atoms with Crippen LogP contribution in [-0.2, 0) is 9.47 Å². The van der Waals surface area contributed by atoms with Crippen LogP contribution in [0.25, 0.3) is 0 Å². The summed E-state index contributed by atoms with van der Waals surface area (Å²) in [6.07, 6.45) is 5.92. The fourth-order valence-corrected chi connectivity index (χ4v) is 1.88. The second-order valence-corrected chi connectivity index (χ2v) is 4.43. The van der Waals surface area contributed by atoms with Crippen molar-refractivity contribution in [2.75, 3.05) is 19.8 Å². The Hall–Kier alpha value is -0.120. The lowest BCUT2D eigenvalue weighted by Gasteiger charge is -2.22. The maximum absolute atomic E-state index is 9.55. The van der Waals surface area contributed by atoms with Crippen molar-refractivity contribution >= 4 is 0 Å². The third-order valence-electron chi connectivity index (χ3n) is 3.03. The lowest BCUT2D eigenvalue weighted by atomic mass is 10.1. The van der Waals surface area contributed by atoms with Gasteiger partial charge in [-0.1, -0.05) is 0 Å². The highest BCUT2D eigenvalue weighted by Gasteiger charge is 2.29. The van der Waals surface area contributed by atoms with E-state index in [-0.39, 0.29) is 12.2 Å². The standard InChI is InChI=1S/C11H20O3/c12-11(9-4-5-9)8-13-7-10-3-1-2-6-14-10/h9-12H,1-8H2. The lowest BCUT2D eigenvalue weighted by molar-refractivity contribution is -0.0595. The Labute approximate surface area is 85.4 Å². The molecule has 1 heterocycles. The molecule has 0 spiro atoms. The van der Waals surface area contributed by atoms with E-state index in [2.05, 4.69) is 0 Å². The molecule has 1 N–H and O–H groups in total. The van der Waals surface area contributed by atoms with E-state index < -0.39 is 0 Å². The summed E-state index contributed by atoms with van der Waals surface area (Å²) in [6, 6.07) is 0. The van der Waals surface area contributed by atoms with Crippen molar-refractivity contribution in [2.45, 2.75) is 44.3 Å². The molecule has 1 saturated carbocycles. The molecule has 3 nitrogen and oxygen atoms in total. The van der Waals surface area contributed by atoms with E-state index in [4.69, 9.17) is 9.47 Å². The fraction of sp³-hybridized carbons (Fsp3) is 1.00. The van der Waals surface area contributed by atoms with E-state index in [1.54, 1.807) is 0 Å². The van der Waals surface area contributed by atoms with Gasteiger partial charge >= 0.3 is 0 Å². The summed E-state index contributed by atoms with van der Waals surface area (Å²) in [5.41, 5.74) is 0. The average molecular weight is 200 g/mol. The highest BCUT2D eigenvalue weighted by Crippen LogP contribution is 2.32. The van der Waals surface area contributed by atoms with Crippen molar-refractivity contribution in [3.8, 4) is 0 Å². The molecule has 2 fully saturated rings. The molecule has 1 aliphatic carbocycles. The zero-order valence-electron chi connectivity index (χ0n) is 8.65. The van der Waals surface area contributed by atoms with Gasteiger partial charge in [0.2, 0.25) is 0 Å². The van der Waals surface area contributed by atoms with Crippen LogP contribution in [0, 0.1) is 5.92 Å². The predicted octanol–water partition coefficient (Wildman–Crippen LogP) is 1.34. The first-order valence-corrected chi connectivity index (χ1v) is 5.73. The van der Waals surface area contributed by atoms with Gasteiger partial charge in [0.25, 0.3) is 0 Å². The van der Waals surface area contributed by atoms with Gasteiger partial charge in [-0.05, 0) is 38.0 Å². The zero-order chi connectivity index (χ0) is 9.80. The third kappa shape index (κ3) is 3.23. The van der Waals surface area contributed by atoms with E-state index in [9.17, 15) is 5.11 Å². The minimum absolute atomic E-state index is 0.237. The van der Waals surface area contributed by atoms with Crippen LogP contribution in [-0.4, -0.2) is 37.1 Å². The van der Waals surface area contributed by atoms with Gasteiger partial charge in [-0.2, -0.15) is 0 Å². The molecule has 0 amide bonds. The number of hydrogen-bond acceptors (Lipinski definition) is 3. The van der Waals surface area contributed by atoms with Crippen molar-refractivity contribution in [3.63, 3.8) is 0 Å². The van der Waals surface area contributed by atoms with Gasteiger partial charge in [-0.25, -0.2) is 0 Å². The minimum Gasteiger partial charge on any atom is -0.390 e. The Morgan fingerprint density at radius 3 is 2.79 bits per heavy atom. The van der Waals surface area contributed by atoms with E-state index in [1.807, 2.05) is 0 Å². The normalized spacial score (nSPS) is 30.2. The van der Waals surface area contributed by atoms with Crippen LogP contribution in [0.15, 0.2) is 0 Å². The summed E-state index contributed by atoms with van der Waals surface area (Å²) in [6.45, 7) is 2.02. The van der Waals surface area contributed by atoms with Gasteiger partial charge in [0.05, 0.1) is 25.4 Å². The van der Waals surface area contributed by atoms with Gasteiger partial charge in [-0.3, -0.25) is 0 Å². The number of rotatable bonds is 5. The van der Waals surface area contributed by atoms with E-state index in [0.717, 1.165) is 13.0 Å². The fourth-order valence-electron chi connectivity index (χ4n) is 1.88. The summed E-state index contributed by atoms with van der Waals surface area (Å²) in [5.74, 6) is 0.516. The van der Waals surface area contributed by atoms with Gasteiger partial charge in [-0.15, -0.1) is 0 Å². The van der Waals surface area contributed by atoms with Crippen LogP contribution in [0.5, 0.6) is 0 Å². The molecule has 0 aromatic heterocycles. The predicted molar refractivity (Wildman–Crippen MR) is 53.1 cm³/mol. The molecule has 82 valence electrons. The number of aliphatic hydroxyl groups is 1. The van der Waals surface area contributed by atoms with Crippen LogP contribution in [0.2, 0.25) is 0 Å². The van der Waals surface area contributed by atoms with Crippen molar-refractivity contribution in [1.82, 2.24) is 0 Å². The van der Waals surface area contributed by atoms with Crippen LogP contribution < -0.4 is 0 Å². The van der Waals surface area contributed by atoms with Crippen molar-refractivity contribution in [1.29, 1.82) is 0 Å². The van der Waals surface area contributed by atoms with Crippen LogP contribution in [0.1, 0.15) is 32.1 Å². The maximum atomic E-state index is 9.55. The molecule has 0 aromatic carbocycles. The summed E-state index contributed by atoms with van der Waals surface area (Å²) < 4.78 is 11.0. The van der Waals surface area contributed by atoms with Gasteiger partial charge in [0.1, 0.15) is 0 Å². The van der Waals surface area contributed by atoms with Gasteiger partial charge < -0.3 is 14.6 Å². The molecule has 3 heteroatoms. The first-order chi connectivity index (χ1) is 6.86. The van der Waals surface area contributed by atoms with Crippen LogP contribution in [0.3, 0.4) is 0 Å². The Morgan fingerprint density at radius 1 is 1.29 bits per heavy atom. The summed E-state index contributed by atoms with van der Waals surface area (Å²) in [7, 11) is 0. The van der Waals surface area contributed by atoms with Gasteiger partial charge in [0.15, 0.2) is 0 Å². The van der Waals surface area contributed by atoms with Crippen LogP contribution >= 0.6 is 0 Å². The molecule has 0 bridgehead atoms. The topological polar surface area (TPSA) is 38.7 Å². The molecule has 1 saturated heterocycles. The molecule has 2 rings (SSSR count). The Balaban J connectivity index is 1.52. The van der Waals surface area contributed by atoms with Crippen molar-refractivity contribution < 1.29 is 14.6 Å². The first-order valence-electron chi connectivity index (χ1n) is 5.73. The van der Waals surface area contributed by atoms with Crippen LogP contribution in [0.4, 0.5) is 0 Å². The van der Waals surface area contributed by atoms with Crippen molar-refractivity contribution in [3.05, 3.63) is 0 Å². The second-order valence-electron chi connectivity index (χ2n) is 4.43. The highest BCUT2D eigenvalue weighted by atomic mass is 16.5. The molecule has 2 aliphatic rings. The molecular weight excluding hydrogens is 180 g/mol. The molecule has 1 aliphatic heterocycles. The highest BCUT2D eigenvalue weighted by molar-refractivity contribution is 4.80. The Bertz CT molecular complexity index is 162. The lowest BCUT2D eigenvalue weighted by Crippen LogP contribution is -2.27. The monoisotopic (exact) mass is 200 g/mol. The van der Waals surface area contributed by atoms with E-state index in [0.29, 0.717) is 19.1 Å². The van der Waals surface area contributed by atoms with E-state index in [1.165, 1.54) is 25.7 Å². The third-order valence-corrected chi connectivity index (χ3v) is 3.03. The average Bonchev–Trinajstić information content (AvgIpc) is 3.02.